The zero-order valence-corrected chi connectivity index (χ0v) is 20.6. The lowest BCUT2D eigenvalue weighted by molar-refractivity contribution is 0.0240. The van der Waals surface area contributed by atoms with Crippen molar-refractivity contribution in [1.29, 1.82) is 0 Å². The van der Waals surface area contributed by atoms with Gasteiger partial charge in [-0.05, 0) is 45.0 Å². The van der Waals surface area contributed by atoms with Crippen molar-refractivity contribution in [1.82, 2.24) is 14.7 Å². The molecule has 1 N–H and O–H groups in total. The van der Waals surface area contributed by atoms with Crippen molar-refractivity contribution in [3.63, 3.8) is 0 Å². The quantitative estimate of drug-likeness (QED) is 0.603. The SMILES string of the molecule is COc1cc2nn(C)cc2cc1C(=O)Nc1ccc(N2CCN(C(=O)OC(C)(C)C)CC2)cc1F. The highest BCUT2D eigenvalue weighted by Crippen LogP contribution is 2.28. The Bertz CT molecular complexity index is 1260. The molecule has 9 nitrogen and oxygen atoms in total. The van der Waals surface area contributed by atoms with E-state index in [2.05, 4.69) is 10.4 Å². The third kappa shape index (κ3) is 5.47. The number of benzene rings is 2. The molecule has 0 aliphatic carbocycles. The Kier molecular flexibility index (Phi) is 6.56. The number of aryl methyl sites for hydroxylation is 1. The number of nitrogens with zero attached hydrogens (tertiary/aromatic N) is 4. The molecule has 2 heterocycles. The number of amides is 2. The number of rotatable bonds is 4. The van der Waals surface area contributed by atoms with Crippen molar-refractivity contribution in [2.75, 3.05) is 43.5 Å². The Hall–Kier alpha value is -3.82. The van der Waals surface area contributed by atoms with Gasteiger partial charge in [-0.15, -0.1) is 0 Å². The highest BCUT2D eigenvalue weighted by atomic mass is 19.1. The number of halogens is 1. The summed E-state index contributed by atoms with van der Waals surface area (Å²) in [7, 11) is 3.26. The number of hydrogen-bond acceptors (Lipinski definition) is 6. The Balaban J connectivity index is 1.43. The molecule has 1 aliphatic heterocycles. The third-order valence-corrected chi connectivity index (χ3v) is 5.68. The average molecular weight is 484 g/mol. The van der Waals surface area contributed by atoms with E-state index in [1.807, 2.05) is 25.7 Å². The molecule has 1 aliphatic rings. The summed E-state index contributed by atoms with van der Waals surface area (Å²) < 4.78 is 27.4. The Labute approximate surface area is 203 Å². The first-order valence-corrected chi connectivity index (χ1v) is 11.4. The van der Waals surface area contributed by atoms with Crippen molar-refractivity contribution in [2.24, 2.45) is 7.05 Å². The largest absolute Gasteiger partial charge is 0.496 e. The zero-order chi connectivity index (χ0) is 25.3. The minimum absolute atomic E-state index is 0.0690. The van der Waals surface area contributed by atoms with Gasteiger partial charge in [0.15, 0.2) is 0 Å². The van der Waals surface area contributed by atoms with Crippen LogP contribution in [0.5, 0.6) is 5.75 Å². The minimum atomic E-state index is -0.550. The number of nitrogens with one attached hydrogen (secondary N) is 1. The summed E-state index contributed by atoms with van der Waals surface area (Å²) in [5.74, 6) is -0.675. The first kappa shape index (κ1) is 24.3. The van der Waals surface area contributed by atoms with Crippen molar-refractivity contribution >= 4 is 34.3 Å². The number of fused-ring (bicyclic) bond motifs is 1. The molecule has 0 saturated carbocycles. The summed E-state index contributed by atoms with van der Waals surface area (Å²) in [6.45, 7) is 7.54. The number of methoxy groups -OCH3 is 1. The number of aromatic nitrogens is 2. The van der Waals surface area contributed by atoms with Gasteiger partial charge >= 0.3 is 6.09 Å². The highest BCUT2D eigenvalue weighted by molar-refractivity contribution is 6.08. The van der Waals surface area contributed by atoms with E-state index in [0.29, 0.717) is 43.1 Å². The van der Waals surface area contributed by atoms with Crippen LogP contribution in [-0.2, 0) is 11.8 Å². The molecule has 2 amide bonds. The predicted molar refractivity (Wildman–Crippen MR) is 132 cm³/mol. The molecule has 1 saturated heterocycles. The number of carbonyl (C=O) groups is 2. The molecule has 0 unspecified atom stereocenters. The van der Waals surface area contributed by atoms with Gasteiger partial charge in [-0.2, -0.15) is 5.10 Å². The van der Waals surface area contributed by atoms with Gasteiger partial charge in [0.2, 0.25) is 0 Å². The smallest absolute Gasteiger partial charge is 0.410 e. The molecule has 3 aromatic rings. The molecule has 1 fully saturated rings. The Morgan fingerprint density at radius 3 is 2.43 bits per heavy atom. The van der Waals surface area contributed by atoms with Crippen LogP contribution in [0.4, 0.5) is 20.6 Å². The predicted octanol–water partition coefficient (Wildman–Crippen LogP) is 4.03. The first-order valence-electron chi connectivity index (χ1n) is 11.4. The minimum Gasteiger partial charge on any atom is -0.496 e. The third-order valence-electron chi connectivity index (χ3n) is 5.68. The van der Waals surface area contributed by atoms with Gasteiger partial charge < -0.3 is 24.6 Å². The van der Waals surface area contributed by atoms with E-state index < -0.39 is 17.3 Å². The monoisotopic (exact) mass is 483 g/mol. The van der Waals surface area contributed by atoms with E-state index in [0.717, 1.165) is 5.39 Å². The van der Waals surface area contributed by atoms with Crippen molar-refractivity contribution in [3.05, 3.63) is 47.9 Å². The molecule has 2 aromatic carbocycles. The summed E-state index contributed by atoms with van der Waals surface area (Å²) in [4.78, 5) is 28.9. The van der Waals surface area contributed by atoms with Gasteiger partial charge in [0, 0.05) is 56.6 Å². The van der Waals surface area contributed by atoms with Crippen LogP contribution < -0.4 is 15.0 Å². The Morgan fingerprint density at radius 2 is 1.80 bits per heavy atom. The fraction of sp³-hybridized carbons (Fsp3) is 0.400. The van der Waals surface area contributed by atoms with Gasteiger partial charge in [0.25, 0.3) is 5.91 Å². The first-order chi connectivity index (χ1) is 16.5. The molecule has 10 heteroatoms. The maximum atomic E-state index is 14.9. The molecule has 35 heavy (non-hydrogen) atoms. The van der Waals surface area contributed by atoms with Gasteiger partial charge in [-0.3, -0.25) is 9.48 Å². The molecular formula is C25H30FN5O4. The van der Waals surface area contributed by atoms with Gasteiger partial charge in [-0.25, -0.2) is 9.18 Å². The second-order valence-corrected chi connectivity index (χ2v) is 9.49. The van der Waals surface area contributed by atoms with Crippen LogP contribution in [0.1, 0.15) is 31.1 Å². The Morgan fingerprint density at radius 1 is 1.09 bits per heavy atom. The van der Waals surface area contributed by atoms with E-state index in [9.17, 15) is 14.0 Å². The number of hydrogen-bond donors (Lipinski definition) is 1. The number of piperazine rings is 1. The van der Waals surface area contributed by atoms with Gasteiger partial charge in [0.05, 0.1) is 23.9 Å². The van der Waals surface area contributed by atoms with Gasteiger partial charge in [0.1, 0.15) is 17.2 Å². The topological polar surface area (TPSA) is 88.9 Å². The van der Waals surface area contributed by atoms with Crippen LogP contribution in [0.15, 0.2) is 36.5 Å². The van der Waals surface area contributed by atoms with E-state index in [1.165, 1.54) is 19.2 Å². The van der Waals surface area contributed by atoms with Crippen molar-refractivity contribution in [3.8, 4) is 5.75 Å². The summed E-state index contributed by atoms with van der Waals surface area (Å²) in [6, 6.07) is 8.04. The molecular weight excluding hydrogens is 453 g/mol. The van der Waals surface area contributed by atoms with E-state index in [1.54, 1.807) is 41.0 Å². The van der Waals surface area contributed by atoms with Crippen LogP contribution in [0.2, 0.25) is 0 Å². The summed E-state index contributed by atoms with van der Waals surface area (Å²) in [5.41, 5.74) is 1.18. The number of carbonyl (C=O) groups excluding carboxylic acids is 2. The number of anilines is 2. The number of ether oxygens (including phenoxy) is 2. The van der Waals surface area contributed by atoms with Crippen LogP contribution in [0.25, 0.3) is 10.9 Å². The standard InChI is InChI=1S/C25H30FN5O4/c1-25(2,3)35-24(33)31-10-8-30(9-11-31)17-6-7-20(19(26)13-17)27-23(32)18-12-16-15-29(4)28-21(16)14-22(18)34-5/h6-7,12-15H,8-11H2,1-5H3,(H,27,32). The lowest BCUT2D eigenvalue weighted by Crippen LogP contribution is -2.50. The lowest BCUT2D eigenvalue weighted by Gasteiger charge is -2.36. The summed E-state index contributed by atoms with van der Waals surface area (Å²) in [5, 5.41) is 7.73. The summed E-state index contributed by atoms with van der Waals surface area (Å²) in [6.07, 6.45) is 1.45. The summed E-state index contributed by atoms with van der Waals surface area (Å²) >= 11 is 0. The normalized spacial score (nSPS) is 14.2. The second kappa shape index (κ2) is 9.44. The van der Waals surface area contributed by atoms with Crippen LogP contribution >= 0.6 is 0 Å². The van der Waals surface area contributed by atoms with Crippen LogP contribution in [0, 0.1) is 5.82 Å². The molecule has 0 atom stereocenters. The molecule has 0 radical (unpaired) electrons. The zero-order valence-electron chi connectivity index (χ0n) is 20.6. The fourth-order valence-corrected chi connectivity index (χ4v) is 3.99. The second-order valence-electron chi connectivity index (χ2n) is 9.49. The van der Waals surface area contributed by atoms with Crippen molar-refractivity contribution in [2.45, 2.75) is 26.4 Å². The average Bonchev–Trinajstić information content (AvgIpc) is 3.17. The lowest BCUT2D eigenvalue weighted by atomic mass is 10.1. The van der Waals surface area contributed by atoms with Crippen LogP contribution in [-0.4, -0.2) is 65.6 Å². The molecule has 1 aromatic heterocycles. The van der Waals surface area contributed by atoms with Gasteiger partial charge in [-0.1, -0.05) is 0 Å². The maximum Gasteiger partial charge on any atom is 0.410 e. The molecule has 0 spiro atoms. The van der Waals surface area contributed by atoms with Crippen molar-refractivity contribution < 1.29 is 23.5 Å². The maximum absolute atomic E-state index is 14.9. The highest BCUT2D eigenvalue weighted by Gasteiger charge is 2.26. The fourth-order valence-electron chi connectivity index (χ4n) is 3.99. The molecule has 0 bridgehead atoms. The molecule has 4 rings (SSSR count). The van der Waals surface area contributed by atoms with Crippen LogP contribution in [0.3, 0.4) is 0 Å². The van der Waals surface area contributed by atoms with E-state index in [4.69, 9.17) is 9.47 Å². The molecule has 186 valence electrons. The van der Waals surface area contributed by atoms with E-state index in [-0.39, 0.29) is 17.3 Å². The van der Waals surface area contributed by atoms with E-state index >= 15 is 0 Å².